The van der Waals surface area contributed by atoms with Gasteiger partial charge in [0.05, 0.1) is 12.5 Å². The molecule has 0 bridgehead atoms. The van der Waals surface area contributed by atoms with E-state index in [9.17, 15) is 8.42 Å². The van der Waals surface area contributed by atoms with Crippen LogP contribution >= 0.6 is 11.3 Å². The highest BCUT2D eigenvalue weighted by Crippen LogP contribution is 2.37. The Hall–Kier alpha value is -2.79. The van der Waals surface area contributed by atoms with Gasteiger partial charge in [-0.05, 0) is 12.1 Å². The van der Waals surface area contributed by atoms with Crippen LogP contribution in [0, 0.1) is 0 Å². The second-order valence-corrected chi connectivity index (χ2v) is 8.69. The fraction of sp³-hybridized carbons (Fsp3) is 0.250. The van der Waals surface area contributed by atoms with E-state index >= 15 is 0 Å². The summed E-state index contributed by atoms with van der Waals surface area (Å²) >= 11 is 1.38. The van der Waals surface area contributed by atoms with Crippen molar-refractivity contribution in [1.82, 2.24) is 15.0 Å². The van der Waals surface area contributed by atoms with Crippen molar-refractivity contribution in [2.75, 3.05) is 24.2 Å². The Morgan fingerprint density at radius 3 is 2.93 bits per heavy atom. The number of aromatic nitrogens is 3. The number of rotatable bonds is 4. The first-order valence-corrected chi connectivity index (χ1v) is 10.6. The number of nitrogens with zero attached hydrogens (tertiary/aromatic N) is 5. The molecule has 0 radical (unpaired) electrons. The van der Waals surface area contributed by atoms with E-state index in [2.05, 4.69) is 20.1 Å². The van der Waals surface area contributed by atoms with E-state index in [-0.39, 0.29) is 18.3 Å². The Kier molecular flexibility index (Phi) is 4.40. The topological polar surface area (TPSA) is 111 Å². The second-order valence-electron chi connectivity index (χ2n) is 5.75. The fourth-order valence-electron chi connectivity index (χ4n) is 2.71. The van der Waals surface area contributed by atoms with Gasteiger partial charge in [-0.3, -0.25) is 4.98 Å². The lowest BCUT2D eigenvalue weighted by molar-refractivity contribution is 0.212. The van der Waals surface area contributed by atoms with E-state index in [0.29, 0.717) is 22.7 Å². The van der Waals surface area contributed by atoms with Crippen LogP contribution in [-0.2, 0) is 14.9 Å². The highest BCUT2D eigenvalue weighted by atomic mass is 32.2. The zero-order chi connectivity index (χ0) is 19.0. The van der Waals surface area contributed by atoms with Crippen molar-refractivity contribution in [1.29, 1.82) is 0 Å². The first-order valence-electron chi connectivity index (χ1n) is 7.93. The number of fused-ring (bicyclic) bond motifs is 1. The summed E-state index contributed by atoms with van der Waals surface area (Å²) in [5, 5.41) is 4.72. The molecule has 3 aromatic heterocycles. The molecule has 9 nitrogen and oxygen atoms in total. The molecule has 0 aromatic carbocycles. The van der Waals surface area contributed by atoms with E-state index in [1.807, 2.05) is 12.1 Å². The molecule has 0 fully saturated rings. The number of thiazole rings is 1. The molecule has 1 aliphatic heterocycles. The fourth-order valence-corrected chi connectivity index (χ4v) is 4.39. The lowest BCUT2D eigenvalue weighted by atomic mass is 10.1. The third-order valence-corrected chi connectivity index (χ3v) is 6.07. The van der Waals surface area contributed by atoms with Gasteiger partial charge < -0.3 is 9.25 Å². The third kappa shape index (κ3) is 3.30. The Morgan fingerprint density at radius 2 is 2.22 bits per heavy atom. The largest absolute Gasteiger partial charge is 0.418 e. The zero-order valence-corrected chi connectivity index (χ0v) is 16.1. The lowest BCUT2D eigenvalue weighted by Crippen LogP contribution is -2.36. The average molecular weight is 405 g/mol. The molecule has 4 rings (SSSR count). The maximum Gasteiger partial charge on any atom is 0.241 e. The molecule has 27 heavy (non-hydrogen) atoms. The molecule has 0 unspecified atom stereocenters. The van der Waals surface area contributed by atoms with E-state index < -0.39 is 10.0 Å². The predicted octanol–water partition coefficient (Wildman–Crippen LogP) is 2.38. The van der Waals surface area contributed by atoms with Crippen molar-refractivity contribution in [3.8, 4) is 21.3 Å². The summed E-state index contributed by atoms with van der Waals surface area (Å²) in [6.07, 6.45) is 6.56. The molecule has 4 heterocycles. The summed E-state index contributed by atoms with van der Waals surface area (Å²) in [6.45, 7) is 0.215. The molecule has 1 aliphatic rings. The number of hydrogen-bond donors (Lipinski definition) is 0. The van der Waals surface area contributed by atoms with Gasteiger partial charge in [0, 0.05) is 30.9 Å². The third-order valence-electron chi connectivity index (χ3n) is 3.89. The van der Waals surface area contributed by atoms with E-state index in [4.69, 9.17) is 9.25 Å². The van der Waals surface area contributed by atoms with Gasteiger partial charge in [0.1, 0.15) is 22.7 Å². The highest BCUT2D eigenvalue weighted by Gasteiger charge is 2.34. The predicted molar refractivity (Wildman–Crippen MR) is 101 cm³/mol. The number of oxime groups is 1. The van der Waals surface area contributed by atoms with E-state index in [1.54, 1.807) is 18.6 Å². The van der Waals surface area contributed by atoms with Crippen LogP contribution in [0.25, 0.3) is 21.3 Å². The van der Waals surface area contributed by atoms with Gasteiger partial charge in [0.2, 0.25) is 21.8 Å². The molecule has 0 spiro atoms. The summed E-state index contributed by atoms with van der Waals surface area (Å²) in [5.41, 5.74) is 1.78. The molecule has 140 valence electrons. The van der Waals surface area contributed by atoms with Crippen LogP contribution in [0.3, 0.4) is 0 Å². The molecular formula is C16H15N5O4S2. The van der Waals surface area contributed by atoms with Crippen LogP contribution in [0.2, 0.25) is 0 Å². The Labute approximate surface area is 159 Å². The average Bonchev–Trinajstić information content (AvgIpc) is 3.29. The molecule has 0 amide bonds. The van der Waals surface area contributed by atoms with Gasteiger partial charge >= 0.3 is 0 Å². The van der Waals surface area contributed by atoms with Crippen LogP contribution in [0.15, 0.2) is 40.3 Å². The van der Waals surface area contributed by atoms with E-state index in [1.165, 1.54) is 22.8 Å². The smallest absolute Gasteiger partial charge is 0.241 e. The first-order chi connectivity index (χ1) is 13.0. The van der Waals surface area contributed by atoms with Crippen LogP contribution in [-0.4, -0.2) is 49.0 Å². The standard InChI is InChI=1S/C16H15N5O4S2/c1-24-20-11-5-7-21(27(2,22)23)16-13(11)19-14(25-16)12-9-18-15(26-12)10-4-3-6-17-8-10/h3-4,6,8-9H,5,7H2,1-2H3/b20-11+. The quantitative estimate of drug-likeness (QED) is 0.613. The normalized spacial score (nSPS) is 15.8. The van der Waals surface area contributed by atoms with Crippen molar-refractivity contribution in [3.05, 3.63) is 36.4 Å². The van der Waals surface area contributed by atoms with Crippen LogP contribution in [0.4, 0.5) is 5.88 Å². The molecule has 0 saturated heterocycles. The van der Waals surface area contributed by atoms with Crippen LogP contribution in [0.5, 0.6) is 0 Å². The number of oxazole rings is 1. The van der Waals surface area contributed by atoms with Gasteiger partial charge in [-0.25, -0.2) is 22.7 Å². The molecule has 3 aromatic rings. The summed E-state index contributed by atoms with van der Waals surface area (Å²) < 4.78 is 31.2. The monoisotopic (exact) mass is 405 g/mol. The Bertz CT molecular complexity index is 1110. The minimum atomic E-state index is -3.50. The molecular weight excluding hydrogens is 390 g/mol. The zero-order valence-electron chi connectivity index (χ0n) is 14.5. The molecule has 0 saturated carbocycles. The molecule has 0 aliphatic carbocycles. The van der Waals surface area contributed by atoms with Crippen molar-refractivity contribution in [3.63, 3.8) is 0 Å². The SMILES string of the molecule is CO/N=C1\CCN(S(C)(=O)=O)c2oc(-c3cnc(-c4cccnc4)s3)nc21. The summed E-state index contributed by atoms with van der Waals surface area (Å²) in [6, 6.07) is 3.74. The van der Waals surface area contributed by atoms with Gasteiger partial charge in [-0.1, -0.05) is 5.16 Å². The number of sulfonamides is 1. The minimum Gasteiger partial charge on any atom is -0.418 e. The van der Waals surface area contributed by atoms with Crippen LogP contribution < -0.4 is 4.31 Å². The Balaban J connectivity index is 1.78. The number of anilines is 1. The van der Waals surface area contributed by atoms with Gasteiger partial charge in [-0.2, -0.15) is 0 Å². The summed E-state index contributed by atoms with van der Waals surface area (Å²) in [5.74, 6) is 0.429. The minimum absolute atomic E-state index is 0.144. The first kappa shape index (κ1) is 17.6. The highest BCUT2D eigenvalue weighted by molar-refractivity contribution is 7.92. The molecule has 0 atom stereocenters. The lowest BCUT2D eigenvalue weighted by Gasteiger charge is -2.24. The molecule has 11 heteroatoms. The summed E-state index contributed by atoms with van der Waals surface area (Å²) in [4.78, 5) is 18.5. The van der Waals surface area contributed by atoms with Crippen molar-refractivity contribution < 1.29 is 17.7 Å². The van der Waals surface area contributed by atoms with Crippen molar-refractivity contribution in [2.24, 2.45) is 5.16 Å². The maximum atomic E-state index is 12.1. The van der Waals surface area contributed by atoms with Gasteiger partial charge in [0.15, 0.2) is 5.69 Å². The van der Waals surface area contributed by atoms with Crippen LogP contribution in [0.1, 0.15) is 12.1 Å². The Morgan fingerprint density at radius 1 is 1.37 bits per heavy atom. The second kappa shape index (κ2) is 6.74. The van der Waals surface area contributed by atoms with E-state index in [0.717, 1.165) is 16.8 Å². The van der Waals surface area contributed by atoms with Gasteiger partial charge in [-0.15, -0.1) is 11.3 Å². The maximum absolute atomic E-state index is 12.1. The van der Waals surface area contributed by atoms with Crippen molar-refractivity contribution >= 4 is 33.0 Å². The van der Waals surface area contributed by atoms with Gasteiger partial charge in [0.25, 0.3) is 0 Å². The number of pyridine rings is 1. The summed E-state index contributed by atoms with van der Waals surface area (Å²) in [7, 11) is -2.07. The van der Waals surface area contributed by atoms with Crippen molar-refractivity contribution in [2.45, 2.75) is 6.42 Å². The number of hydrogen-bond acceptors (Lipinski definition) is 9. The molecule has 0 N–H and O–H groups in total.